The molecule has 21 heavy (non-hydrogen) atoms. The molecule has 0 saturated carbocycles. The lowest BCUT2D eigenvalue weighted by Gasteiger charge is -2.28. The Bertz CT molecular complexity index is 497. The number of carbonyl (C=O) groups excluding carboxylic acids is 1. The summed E-state index contributed by atoms with van der Waals surface area (Å²) in [5, 5.41) is 10.2. The van der Waals surface area contributed by atoms with Crippen molar-refractivity contribution in [3.8, 4) is 5.75 Å². The highest BCUT2D eigenvalue weighted by atomic mass is 19.4. The Morgan fingerprint density at radius 3 is 2.48 bits per heavy atom. The van der Waals surface area contributed by atoms with Gasteiger partial charge in [0.05, 0.1) is 18.1 Å². The van der Waals surface area contributed by atoms with Crippen molar-refractivity contribution >= 4 is 5.97 Å². The number of carbonyl (C=O) groups is 1. The van der Waals surface area contributed by atoms with Crippen LogP contribution in [0.5, 0.6) is 5.75 Å². The first-order valence-corrected chi connectivity index (χ1v) is 6.29. The van der Waals surface area contributed by atoms with Crippen LogP contribution in [0.25, 0.3) is 0 Å². The van der Waals surface area contributed by atoms with Crippen LogP contribution >= 0.6 is 0 Å². The largest absolute Gasteiger partial charge is 0.573 e. The highest BCUT2D eigenvalue weighted by Crippen LogP contribution is 2.36. The molecule has 0 amide bonds. The molecule has 0 radical (unpaired) electrons. The molecule has 0 fully saturated rings. The minimum atomic E-state index is -4.82. The fourth-order valence-electron chi connectivity index (χ4n) is 1.73. The third-order valence-corrected chi connectivity index (χ3v) is 2.89. The minimum absolute atomic E-state index is 0.134. The van der Waals surface area contributed by atoms with Crippen LogP contribution < -0.4 is 4.74 Å². The maximum Gasteiger partial charge on any atom is 0.573 e. The number of esters is 1. The Morgan fingerprint density at radius 1 is 1.33 bits per heavy atom. The Labute approximate surface area is 120 Å². The molecule has 0 aliphatic heterocycles. The predicted molar refractivity (Wildman–Crippen MR) is 68.5 cm³/mol. The van der Waals surface area contributed by atoms with E-state index in [4.69, 9.17) is 4.74 Å². The SMILES string of the molecule is CCOC(=O)C(C)(C)C(O)c1cccc(OC(F)(F)F)c1. The first-order valence-electron chi connectivity index (χ1n) is 6.29. The zero-order valence-electron chi connectivity index (χ0n) is 11.9. The van der Waals surface area contributed by atoms with Gasteiger partial charge in [0.15, 0.2) is 0 Å². The monoisotopic (exact) mass is 306 g/mol. The zero-order chi connectivity index (χ0) is 16.3. The van der Waals surface area contributed by atoms with Gasteiger partial charge in [-0.2, -0.15) is 0 Å². The van der Waals surface area contributed by atoms with E-state index in [9.17, 15) is 23.1 Å². The van der Waals surface area contributed by atoms with Crippen molar-refractivity contribution in [3.63, 3.8) is 0 Å². The van der Waals surface area contributed by atoms with Crippen molar-refractivity contribution in [3.05, 3.63) is 29.8 Å². The molecule has 1 atom stereocenters. The predicted octanol–water partition coefficient (Wildman–Crippen LogP) is 3.21. The summed E-state index contributed by atoms with van der Waals surface area (Å²) < 4.78 is 45.2. The van der Waals surface area contributed by atoms with Gasteiger partial charge in [0.1, 0.15) is 5.75 Å². The molecule has 1 aromatic carbocycles. The highest BCUT2D eigenvalue weighted by molar-refractivity contribution is 5.77. The van der Waals surface area contributed by atoms with Gasteiger partial charge in [-0.05, 0) is 38.5 Å². The average Bonchev–Trinajstić information content (AvgIpc) is 2.36. The molecule has 1 rings (SSSR count). The number of rotatable bonds is 5. The van der Waals surface area contributed by atoms with Crippen LogP contribution in [0, 0.1) is 5.41 Å². The Kier molecular flexibility index (Phi) is 5.22. The molecular weight excluding hydrogens is 289 g/mol. The maximum absolute atomic E-state index is 12.2. The van der Waals surface area contributed by atoms with Gasteiger partial charge < -0.3 is 14.6 Å². The molecule has 0 saturated heterocycles. The van der Waals surface area contributed by atoms with Crippen LogP contribution in [-0.2, 0) is 9.53 Å². The Morgan fingerprint density at radius 2 is 1.95 bits per heavy atom. The lowest BCUT2D eigenvalue weighted by Crippen LogP contribution is -2.33. The van der Waals surface area contributed by atoms with E-state index in [0.717, 1.165) is 12.1 Å². The van der Waals surface area contributed by atoms with E-state index in [-0.39, 0.29) is 12.2 Å². The third-order valence-electron chi connectivity index (χ3n) is 2.89. The van der Waals surface area contributed by atoms with Gasteiger partial charge in [-0.1, -0.05) is 12.1 Å². The van der Waals surface area contributed by atoms with E-state index in [1.807, 2.05) is 0 Å². The summed E-state index contributed by atoms with van der Waals surface area (Å²) in [7, 11) is 0. The van der Waals surface area contributed by atoms with Crippen molar-refractivity contribution in [1.82, 2.24) is 0 Å². The smallest absolute Gasteiger partial charge is 0.465 e. The van der Waals surface area contributed by atoms with Crippen LogP contribution in [0.2, 0.25) is 0 Å². The summed E-state index contributed by atoms with van der Waals surface area (Å²) in [6, 6.07) is 4.87. The van der Waals surface area contributed by atoms with Crippen molar-refractivity contribution in [2.24, 2.45) is 5.41 Å². The molecule has 7 heteroatoms. The molecule has 1 N–H and O–H groups in total. The molecule has 0 aliphatic carbocycles. The van der Waals surface area contributed by atoms with Gasteiger partial charge in [0, 0.05) is 0 Å². The standard InChI is InChI=1S/C14H17F3O4/c1-4-20-12(19)13(2,3)11(18)9-6-5-7-10(8-9)21-14(15,16)17/h5-8,11,18H,4H2,1-3H3. The number of halogens is 3. The van der Waals surface area contributed by atoms with Crippen LogP contribution in [0.15, 0.2) is 24.3 Å². The van der Waals surface area contributed by atoms with Crippen LogP contribution in [-0.4, -0.2) is 24.0 Å². The van der Waals surface area contributed by atoms with Gasteiger partial charge in [-0.25, -0.2) is 0 Å². The third kappa shape index (κ3) is 4.63. The summed E-state index contributed by atoms with van der Waals surface area (Å²) in [5.74, 6) is -1.10. The molecule has 1 unspecified atom stereocenters. The summed E-state index contributed by atoms with van der Waals surface area (Å²) in [5.41, 5.74) is -1.16. The maximum atomic E-state index is 12.2. The van der Waals surface area contributed by atoms with Gasteiger partial charge >= 0.3 is 12.3 Å². The number of hydrogen-bond donors (Lipinski definition) is 1. The number of aliphatic hydroxyl groups is 1. The van der Waals surface area contributed by atoms with E-state index in [0.29, 0.717) is 0 Å². The van der Waals surface area contributed by atoms with Crippen molar-refractivity contribution in [2.45, 2.75) is 33.2 Å². The molecule has 0 heterocycles. The van der Waals surface area contributed by atoms with E-state index in [1.54, 1.807) is 6.92 Å². The van der Waals surface area contributed by atoms with Crippen LogP contribution in [0.1, 0.15) is 32.4 Å². The van der Waals surface area contributed by atoms with Gasteiger partial charge in [-0.3, -0.25) is 4.79 Å². The number of ether oxygens (including phenoxy) is 2. The average molecular weight is 306 g/mol. The summed E-state index contributed by atoms with van der Waals surface area (Å²) in [6.07, 6.45) is -6.14. The Balaban J connectivity index is 2.99. The van der Waals surface area contributed by atoms with Crippen molar-refractivity contribution in [2.75, 3.05) is 6.61 Å². The van der Waals surface area contributed by atoms with E-state index < -0.39 is 29.6 Å². The summed E-state index contributed by atoms with van der Waals surface area (Å²) in [4.78, 5) is 11.8. The Hall–Kier alpha value is -1.76. The fraction of sp³-hybridized carbons (Fsp3) is 0.500. The van der Waals surface area contributed by atoms with Gasteiger partial charge in [0.2, 0.25) is 0 Å². The van der Waals surface area contributed by atoms with E-state index in [2.05, 4.69) is 4.74 Å². The molecular formula is C14H17F3O4. The second kappa shape index (κ2) is 6.34. The van der Waals surface area contributed by atoms with Crippen LogP contribution in [0.3, 0.4) is 0 Å². The second-order valence-electron chi connectivity index (χ2n) is 4.96. The van der Waals surface area contributed by atoms with Crippen LogP contribution in [0.4, 0.5) is 13.2 Å². The highest BCUT2D eigenvalue weighted by Gasteiger charge is 2.38. The quantitative estimate of drug-likeness (QED) is 0.849. The van der Waals surface area contributed by atoms with E-state index >= 15 is 0 Å². The molecule has 0 aliphatic rings. The molecule has 118 valence electrons. The van der Waals surface area contributed by atoms with Gasteiger partial charge in [0.25, 0.3) is 0 Å². The minimum Gasteiger partial charge on any atom is -0.465 e. The molecule has 1 aromatic rings. The number of hydrogen-bond acceptors (Lipinski definition) is 4. The number of benzene rings is 1. The molecule has 0 spiro atoms. The number of aliphatic hydroxyl groups excluding tert-OH is 1. The first-order chi connectivity index (χ1) is 9.58. The molecule has 4 nitrogen and oxygen atoms in total. The summed E-state index contributed by atoms with van der Waals surface area (Å²) >= 11 is 0. The molecule has 0 bridgehead atoms. The lowest BCUT2D eigenvalue weighted by molar-refractivity contribution is -0.274. The topological polar surface area (TPSA) is 55.8 Å². The second-order valence-corrected chi connectivity index (χ2v) is 4.96. The van der Waals surface area contributed by atoms with Gasteiger partial charge in [-0.15, -0.1) is 13.2 Å². The summed E-state index contributed by atoms with van der Waals surface area (Å²) in [6.45, 7) is 4.67. The lowest BCUT2D eigenvalue weighted by atomic mass is 9.82. The molecule has 0 aromatic heterocycles. The van der Waals surface area contributed by atoms with Crippen molar-refractivity contribution < 1.29 is 32.5 Å². The van der Waals surface area contributed by atoms with E-state index in [1.165, 1.54) is 26.0 Å². The first kappa shape index (κ1) is 17.3. The zero-order valence-corrected chi connectivity index (χ0v) is 11.9. The number of alkyl halides is 3. The van der Waals surface area contributed by atoms with Crippen molar-refractivity contribution in [1.29, 1.82) is 0 Å². The fourth-order valence-corrected chi connectivity index (χ4v) is 1.73. The normalized spacial score (nSPS) is 13.7.